The summed E-state index contributed by atoms with van der Waals surface area (Å²) < 4.78 is 17.9. The van der Waals surface area contributed by atoms with Crippen LogP contribution in [0.15, 0.2) is 34.9 Å². The number of nitrogens with one attached hydrogen (secondary N) is 1. The van der Waals surface area contributed by atoms with Gasteiger partial charge in [0.1, 0.15) is 11.6 Å². The first kappa shape index (κ1) is 14.2. The second-order valence-electron chi connectivity index (χ2n) is 5.23. The Kier molecular flexibility index (Phi) is 3.62. The normalized spacial score (nSPS) is 14.5. The first-order chi connectivity index (χ1) is 10.5. The lowest BCUT2D eigenvalue weighted by Gasteiger charge is -2.37. The van der Waals surface area contributed by atoms with Crippen molar-refractivity contribution in [3.05, 3.63) is 47.6 Å². The molecule has 3 rings (SSSR count). The molecule has 1 aliphatic rings. The minimum Gasteiger partial charge on any atom is -0.361 e. The summed E-state index contributed by atoms with van der Waals surface area (Å²) in [4.78, 5) is 25.6. The third kappa shape index (κ3) is 2.83. The maximum atomic E-state index is 13.1. The third-order valence-electron chi connectivity index (χ3n) is 3.48. The third-order valence-corrected chi connectivity index (χ3v) is 3.48. The van der Waals surface area contributed by atoms with Gasteiger partial charge in [0, 0.05) is 24.8 Å². The smallest absolute Gasteiger partial charge is 0.276 e. The first-order valence-corrected chi connectivity index (χ1v) is 6.82. The zero-order valence-electron chi connectivity index (χ0n) is 11.9. The van der Waals surface area contributed by atoms with Crippen molar-refractivity contribution in [3.63, 3.8) is 0 Å². The Morgan fingerprint density at radius 2 is 2.14 bits per heavy atom. The predicted molar refractivity (Wildman–Crippen MR) is 75.7 cm³/mol. The maximum absolute atomic E-state index is 13.1. The highest BCUT2D eigenvalue weighted by Gasteiger charge is 2.37. The van der Waals surface area contributed by atoms with E-state index in [2.05, 4.69) is 10.5 Å². The summed E-state index contributed by atoms with van der Waals surface area (Å²) in [5.74, 6) is -0.647. The number of aromatic nitrogens is 1. The van der Waals surface area contributed by atoms with Gasteiger partial charge in [0.25, 0.3) is 5.91 Å². The van der Waals surface area contributed by atoms with Crippen molar-refractivity contribution in [3.8, 4) is 0 Å². The average molecular weight is 303 g/mol. The Morgan fingerprint density at radius 1 is 1.36 bits per heavy atom. The van der Waals surface area contributed by atoms with Crippen LogP contribution in [-0.4, -0.2) is 35.0 Å². The lowest BCUT2D eigenvalue weighted by molar-refractivity contribution is -0.123. The summed E-state index contributed by atoms with van der Waals surface area (Å²) in [5.41, 5.74) is 0.642. The van der Waals surface area contributed by atoms with E-state index in [1.807, 2.05) is 0 Å². The zero-order chi connectivity index (χ0) is 15.7. The standard InChI is InChI=1S/C15H14FN3O3/c1-9-5-13(18-22-9)15(21)19-7-10(8-19)14(20)17-12-4-2-3-11(16)6-12/h2-6,10H,7-8H2,1H3,(H,17,20). The van der Waals surface area contributed by atoms with E-state index >= 15 is 0 Å². The molecule has 0 saturated carbocycles. The van der Waals surface area contributed by atoms with Crippen LogP contribution in [0.5, 0.6) is 0 Å². The Bertz CT molecular complexity index is 722. The van der Waals surface area contributed by atoms with Crippen LogP contribution in [0, 0.1) is 18.7 Å². The van der Waals surface area contributed by atoms with Gasteiger partial charge in [0.15, 0.2) is 5.69 Å². The van der Waals surface area contributed by atoms with E-state index in [-0.39, 0.29) is 23.4 Å². The zero-order valence-corrected chi connectivity index (χ0v) is 11.9. The van der Waals surface area contributed by atoms with Crippen LogP contribution in [0.1, 0.15) is 16.2 Å². The highest BCUT2D eigenvalue weighted by Crippen LogP contribution is 2.21. The predicted octanol–water partition coefficient (Wildman–Crippen LogP) is 1.83. The number of likely N-dealkylation sites (tertiary alicyclic amines) is 1. The van der Waals surface area contributed by atoms with Crippen molar-refractivity contribution in [1.82, 2.24) is 10.1 Å². The van der Waals surface area contributed by atoms with Crippen LogP contribution >= 0.6 is 0 Å². The molecule has 0 unspecified atom stereocenters. The lowest BCUT2D eigenvalue weighted by atomic mass is 9.98. The van der Waals surface area contributed by atoms with Crippen molar-refractivity contribution in [2.75, 3.05) is 18.4 Å². The molecule has 1 saturated heterocycles. The van der Waals surface area contributed by atoms with Gasteiger partial charge in [-0.05, 0) is 25.1 Å². The molecule has 2 amide bonds. The molecular formula is C15H14FN3O3. The Hall–Kier alpha value is -2.70. The largest absolute Gasteiger partial charge is 0.361 e. The lowest BCUT2D eigenvalue weighted by Crippen LogP contribution is -2.54. The van der Waals surface area contributed by atoms with Crippen molar-refractivity contribution in [2.45, 2.75) is 6.92 Å². The number of rotatable bonds is 3. The molecule has 2 heterocycles. The number of amides is 2. The second kappa shape index (κ2) is 5.59. The van der Waals surface area contributed by atoms with Gasteiger partial charge in [0.2, 0.25) is 5.91 Å². The molecular weight excluding hydrogens is 289 g/mol. The van der Waals surface area contributed by atoms with E-state index in [1.54, 1.807) is 19.1 Å². The molecule has 0 radical (unpaired) electrons. The first-order valence-electron chi connectivity index (χ1n) is 6.82. The SMILES string of the molecule is Cc1cc(C(=O)N2CC(C(=O)Nc3cccc(F)c3)C2)no1. The van der Waals surface area contributed by atoms with Crippen LogP contribution in [-0.2, 0) is 4.79 Å². The molecule has 1 fully saturated rings. The van der Waals surface area contributed by atoms with Crippen LogP contribution < -0.4 is 5.32 Å². The molecule has 6 nitrogen and oxygen atoms in total. The van der Waals surface area contributed by atoms with E-state index in [4.69, 9.17) is 4.52 Å². The molecule has 2 aromatic rings. The molecule has 1 N–H and O–H groups in total. The fourth-order valence-corrected chi connectivity index (χ4v) is 2.25. The monoisotopic (exact) mass is 303 g/mol. The van der Waals surface area contributed by atoms with Crippen LogP contribution in [0.25, 0.3) is 0 Å². The molecule has 1 aromatic carbocycles. The number of halogens is 1. The number of aryl methyl sites for hydroxylation is 1. The molecule has 22 heavy (non-hydrogen) atoms. The summed E-state index contributed by atoms with van der Waals surface area (Å²) in [6, 6.07) is 7.24. The van der Waals surface area contributed by atoms with Crippen LogP contribution in [0.3, 0.4) is 0 Å². The van der Waals surface area contributed by atoms with E-state index in [0.29, 0.717) is 24.5 Å². The highest BCUT2D eigenvalue weighted by atomic mass is 19.1. The van der Waals surface area contributed by atoms with Crippen molar-refractivity contribution < 1.29 is 18.5 Å². The van der Waals surface area contributed by atoms with Gasteiger partial charge >= 0.3 is 0 Å². The average Bonchev–Trinajstić information content (AvgIpc) is 2.83. The summed E-state index contributed by atoms with van der Waals surface area (Å²) in [7, 11) is 0. The molecule has 0 aliphatic carbocycles. The molecule has 1 aromatic heterocycles. The van der Waals surface area contributed by atoms with E-state index < -0.39 is 5.82 Å². The van der Waals surface area contributed by atoms with Gasteiger partial charge in [-0.3, -0.25) is 9.59 Å². The number of nitrogens with zero attached hydrogens (tertiary/aromatic N) is 2. The summed E-state index contributed by atoms with van der Waals surface area (Å²) in [6.45, 7) is 2.33. The van der Waals surface area contributed by atoms with Gasteiger partial charge in [0.05, 0.1) is 5.92 Å². The highest BCUT2D eigenvalue weighted by molar-refractivity contribution is 5.97. The summed E-state index contributed by atoms with van der Waals surface area (Å²) in [6.07, 6.45) is 0. The van der Waals surface area contributed by atoms with Gasteiger partial charge in [-0.1, -0.05) is 11.2 Å². The number of hydrogen-bond donors (Lipinski definition) is 1. The van der Waals surface area contributed by atoms with Gasteiger partial charge in [-0.25, -0.2) is 4.39 Å². The Morgan fingerprint density at radius 3 is 2.77 bits per heavy atom. The van der Waals surface area contributed by atoms with E-state index in [0.717, 1.165) is 0 Å². The number of anilines is 1. The minimum atomic E-state index is -0.412. The molecule has 0 atom stereocenters. The fraction of sp³-hybridized carbons (Fsp3) is 0.267. The summed E-state index contributed by atoms with van der Waals surface area (Å²) in [5, 5.41) is 6.29. The van der Waals surface area contributed by atoms with Crippen LogP contribution in [0.2, 0.25) is 0 Å². The molecule has 1 aliphatic heterocycles. The fourth-order valence-electron chi connectivity index (χ4n) is 2.25. The van der Waals surface area contributed by atoms with E-state index in [1.165, 1.54) is 23.1 Å². The van der Waals surface area contributed by atoms with Crippen molar-refractivity contribution >= 4 is 17.5 Å². The Labute approximate surface area is 125 Å². The summed E-state index contributed by atoms with van der Waals surface area (Å²) >= 11 is 0. The molecule has 114 valence electrons. The topological polar surface area (TPSA) is 75.4 Å². The molecule has 7 heteroatoms. The van der Waals surface area contributed by atoms with Crippen LogP contribution in [0.4, 0.5) is 10.1 Å². The number of benzene rings is 1. The van der Waals surface area contributed by atoms with Crippen molar-refractivity contribution in [2.24, 2.45) is 5.92 Å². The van der Waals surface area contributed by atoms with Gasteiger partial charge < -0.3 is 14.7 Å². The quantitative estimate of drug-likeness (QED) is 0.938. The van der Waals surface area contributed by atoms with E-state index in [9.17, 15) is 14.0 Å². The number of carbonyl (C=O) groups excluding carboxylic acids is 2. The molecule has 0 spiro atoms. The number of carbonyl (C=O) groups is 2. The Balaban J connectivity index is 1.54. The van der Waals surface area contributed by atoms with Gasteiger partial charge in [-0.15, -0.1) is 0 Å². The van der Waals surface area contributed by atoms with Crippen molar-refractivity contribution in [1.29, 1.82) is 0 Å². The molecule has 0 bridgehead atoms. The minimum absolute atomic E-state index is 0.231. The second-order valence-corrected chi connectivity index (χ2v) is 5.23. The number of hydrogen-bond acceptors (Lipinski definition) is 4. The maximum Gasteiger partial charge on any atom is 0.276 e. The van der Waals surface area contributed by atoms with Gasteiger partial charge in [-0.2, -0.15) is 0 Å².